The molecule has 0 aromatic rings. The molecule has 28 heavy (non-hydrogen) atoms. The van der Waals surface area contributed by atoms with Crippen molar-refractivity contribution in [2.45, 2.75) is 13.8 Å². The van der Waals surface area contributed by atoms with E-state index >= 15 is 0 Å². The Morgan fingerprint density at radius 2 is 1.46 bits per heavy atom. The highest BCUT2D eigenvalue weighted by atomic mass is 16.7. The van der Waals surface area contributed by atoms with Crippen LogP contribution in [0.15, 0.2) is 0 Å². The SMILES string of the molecule is COCCOC(=O)C(C)(CO)CO.COCCOC(=O)C1(C)COC(=O)OC1. The molecule has 0 aromatic heterocycles. The Bertz CT molecular complexity index is 477. The standard InChI is InChI=1S/C9H14O6.C8H16O5/c1-9(5-14-8(11)15-6-9)7(10)13-4-3-12-2;1-8(5-9,6-10)7(11)13-4-3-12-2/h3-6H2,1-2H3;9-10H,3-6H2,1-2H3. The Kier molecular flexibility index (Phi) is 12.3. The van der Waals surface area contributed by atoms with Crippen molar-refractivity contribution in [3.05, 3.63) is 0 Å². The Morgan fingerprint density at radius 1 is 1.00 bits per heavy atom. The third-order valence-electron chi connectivity index (χ3n) is 3.74. The number of hydrogen-bond donors (Lipinski definition) is 2. The number of carbonyl (C=O) groups excluding carboxylic acids is 3. The van der Waals surface area contributed by atoms with Gasteiger partial charge in [0.15, 0.2) is 0 Å². The molecule has 1 heterocycles. The van der Waals surface area contributed by atoms with E-state index in [-0.39, 0.29) is 26.4 Å². The Labute approximate surface area is 163 Å². The van der Waals surface area contributed by atoms with Crippen molar-refractivity contribution in [2.75, 3.05) is 67.1 Å². The maximum absolute atomic E-state index is 11.6. The third kappa shape index (κ3) is 8.83. The molecule has 0 unspecified atom stereocenters. The van der Waals surface area contributed by atoms with Gasteiger partial charge < -0.3 is 38.6 Å². The highest BCUT2D eigenvalue weighted by molar-refractivity contribution is 5.78. The van der Waals surface area contributed by atoms with E-state index < -0.39 is 42.1 Å². The van der Waals surface area contributed by atoms with Crippen LogP contribution >= 0.6 is 0 Å². The molecule has 0 aliphatic carbocycles. The molecule has 0 spiro atoms. The minimum atomic E-state index is -1.21. The summed E-state index contributed by atoms with van der Waals surface area (Å²) in [6.45, 7) is 3.10. The third-order valence-corrected chi connectivity index (χ3v) is 3.74. The number of carbonyl (C=O) groups is 3. The quantitative estimate of drug-likeness (QED) is 0.273. The predicted molar refractivity (Wildman–Crippen MR) is 93.4 cm³/mol. The van der Waals surface area contributed by atoms with Gasteiger partial charge in [0.05, 0.1) is 26.4 Å². The fourth-order valence-electron chi connectivity index (χ4n) is 1.60. The van der Waals surface area contributed by atoms with Crippen molar-refractivity contribution in [3.63, 3.8) is 0 Å². The Balaban J connectivity index is 0.000000528. The fourth-order valence-corrected chi connectivity index (χ4v) is 1.60. The van der Waals surface area contributed by atoms with Crippen LogP contribution in [0.3, 0.4) is 0 Å². The smallest absolute Gasteiger partial charge is 0.463 e. The van der Waals surface area contributed by atoms with Crippen molar-refractivity contribution in [3.8, 4) is 0 Å². The lowest BCUT2D eigenvalue weighted by Crippen LogP contribution is -2.44. The molecule has 1 saturated heterocycles. The van der Waals surface area contributed by atoms with Crippen LogP contribution in [-0.2, 0) is 38.0 Å². The van der Waals surface area contributed by atoms with Gasteiger partial charge in [-0.1, -0.05) is 0 Å². The second-order valence-electron chi connectivity index (χ2n) is 6.52. The van der Waals surface area contributed by atoms with Crippen LogP contribution in [0, 0.1) is 10.8 Å². The zero-order valence-corrected chi connectivity index (χ0v) is 16.7. The van der Waals surface area contributed by atoms with Gasteiger partial charge in [-0.3, -0.25) is 9.59 Å². The van der Waals surface area contributed by atoms with Gasteiger partial charge in [0.1, 0.15) is 37.3 Å². The second kappa shape index (κ2) is 13.3. The fraction of sp³-hybridized carbons (Fsp3) is 0.824. The highest BCUT2D eigenvalue weighted by Crippen LogP contribution is 2.23. The van der Waals surface area contributed by atoms with Crippen molar-refractivity contribution in [2.24, 2.45) is 10.8 Å². The summed E-state index contributed by atoms with van der Waals surface area (Å²) in [6, 6.07) is 0. The zero-order valence-electron chi connectivity index (χ0n) is 16.7. The van der Waals surface area contributed by atoms with Gasteiger partial charge in [-0.25, -0.2) is 4.79 Å². The summed E-state index contributed by atoms with van der Waals surface area (Å²) < 4.78 is 28.3. The molecule has 0 atom stereocenters. The minimum absolute atomic E-state index is 0.0162. The van der Waals surface area contributed by atoms with Crippen LogP contribution in [0.2, 0.25) is 0 Å². The van der Waals surface area contributed by atoms with E-state index in [4.69, 9.17) is 24.4 Å². The molecule has 11 heteroatoms. The summed E-state index contributed by atoms with van der Waals surface area (Å²) in [4.78, 5) is 33.4. The number of methoxy groups -OCH3 is 2. The zero-order chi connectivity index (χ0) is 21.6. The summed E-state index contributed by atoms with van der Waals surface area (Å²) >= 11 is 0. The second-order valence-corrected chi connectivity index (χ2v) is 6.52. The number of esters is 2. The largest absolute Gasteiger partial charge is 0.508 e. The Hall–Kier alpha value is -1.95. The lowest BCUT2D eigenvalue weighted by Gasteiger charge is -2.29. The van der Waals surface area contributed by atoms with Gasteiger partial charge in [-0.2, -0.15) is 0 Å². The highest BCUT2D eigenvalue weighted by Gasteiger charge is 2.41. The van der Waals surface area contributed by atoms with E-state index in [0.29, 0.717) is 13.2 Å². The molecule has 0 radical (unpaired) electrons. The van der Waals surface area contributed by atoms with E-state index in [1.54, 1.807) is 6.92 Å². The van der Waals surface area contributed by atoms with Crippen molar-refractivity contribution in [1.29, 1.82) is 0 Å². The summed E-state index contributed by atoms with van der Waals surface area (Å²) in [5.74, 6) is -1.07. The lowest BCUT2D eigenvalue weighted by molar-refractivity contribution is -0.167. The maximum Gasteiger partial charge on any atom is 0.508 e. The van der Waals surface area contributed by atoms with E-state index in [0.717, 1.165) is 0 Å². The number of aliphatic hydroxyl groups excluding tert-OH is 2. The number of cyclic esters (lactones) is 2. The molecule has 0 bridgehead atoms. The van der Waals surface area contributed by atoms with E-state index in [9.17, 15) is 14.4 Å². The van der Waals surface area contributed by atoms with Crippen LogP contribution in [-0.4, -0.2) is 95.4 Å². The molecule has 1 aliphatic rings. The van der Waals surface area contributed by atoms with Crippen LogP contribution in [0.25, 0.3) is 0 Å². The van der Waals surface area contributed by atoms with Gasteiger partial charge in [0, 0.05) is 14.2 Å². The van der Waals surface area contributed by atoms with Gasteiger partial charge in [-0.05, 0) is 13.8 Å². The van der Waals surface area contributed by atoms with Gasteiger partial charge in [-0.15, -0.1) is 0 Å². The van der Waals surface area contributed by atoms with Gasteiger partial charge >= 0.3 is 18.1 Å². The number of hydrogen-bond acceptors (Lipinski definition) is 11. The molecule has 1 aliphatic heterocycles. The van der Waals surface area contributed by atoms with Crippen molar-refractivity contribution < 1.29 is 53.0 Å². The monoisotopic (exact) mass is 410 g/mol. The molecule has 0 saturated carbocycles. The van der Waals surface area contributed by atoms with Gasteiger partial charge in [0.25, 0.3) is 0 Å². The predicted octanol–water partition coefficient (Wildman–Crippen LogP) is -0.484. The van der Waals surface area contributed by atoms with E-state index in [2.05, 4.69) is 14.2 Å². The first-order chi connectivity index (χ1) is 13.2. The maximum atomic E-state index is 11.6. The molecule has 11 nitrogen and oxygen atoms in total. The first kappa shape index (κ1) is 26.1. The molecule has 1 fully saturated rings. The lowest BCUT2D eigenvalue weighted by atomic mass is 9.93. The average Bonchev–Trinajstić information content (AvgIpc) is 2.70. The summed E-state index contributed by atoms with van der Waals surface area (Å²) in [5.41, 5.74) is -2.13. The summed E-state index contributed by atoms with van der Waals surface area (Å²) in [5, 5.41) is 17.6. The number of ether oxygens (including phenoxy) is 6. The molecule has 1 rings (SSSR count). The van der Waals surface area contributed by atoms with Crippen LogP contribution < -0.4 is 0 Å². The van der Waals surface area contributed by atoms with Crippen LogP contribution in [0.1, 0.15) is 13.8 Å². The molecule has 2 N–H and O–H groups in total. The first-order valence-electron chi connectivity index (χ1n) is 8.52. The van der Waals surface area contributed by atoms with E-state index in [1.807, 2.05) is 0 Å². The summed E-state index contributed by atoms with van der Waals surface area (Å²) in [7, 11) is 3.01. The topological polar surface area (TPSA) is 147 Å². The summed E-state index contributed by atoms with van der Waals surface area (Å²) in [6.07, 6.45) is -0.753. The van der Waals surface area contributed by atoms with Gasteiger partial charge in [0.2, 0.25) is 0 Å². The molecular formula is C17H30O11. The molecule has 164 valence electrons. The first-order valence-corrected chi connectivity index (χ1v) is 8.52. The average molecular weight is 410 g/mol. The molecule has 0 aromatic carbocycles. The van der Waals surface area contributed by atoms with Crippen molar-refractivity contribution in [1.82, 2.24) is 0 Å². The molecular weight excluding hydrogens is 380 g/mol. The normalized spacial score (nSPS) is 15.4. The van der Waals surface area contributed by atoms with Crippen LogP contribution in [0.4, 0.5) is 4.79 Å². The Morgan fingerprint density at radius 3 is 1.89 bits per heavy atom. The minimum Gasteiger partial charge on any atom is -0.463 e. The number of rotatable bonds is 10. The van der Waals surface area contributed by atoms with Crippen molar-refractivity contribution >= 4 is 18.1 Å². The number of aliphatic hydroxyl groups is 2. The van der Waals surface area contributed by atoms with Crippen LogP contribution in [0.5, 0.6) is 0 Å². The molecule has 0 amide bonds. The van der Waals surface area contributed by atoms with E-state index in [1.165, 1.54) is 21.1 Å².